The van der Waals surface area contributed by atoms with Gasteiger partial charge in [-0.3, -0.25) is 0 Å². The third kappa shape index (κ3) is 5.38. The Morgan fingerprint density at radius 2 is 1.66 bits per heavy atom. The maximum absolute atomic E-state index is 5.37. The lowest BCUT2D eigenvalue weighted by Gasteiger charge is -2.12. The standard InChI is InChI=1S/C23H28N4O2/c1-15-6-8-19(16(2)12-15)26-23-25-17(3)13-22(27-23)24-11-10-18-7-9-20(28-4)21(14-18)29-5/h6-9,12-14H,10-11H2,1-5H3,(H2,24,25,26,27). The quantitative estimate of drug-likeness (QED) is 0.573. The summed E-state index contributed by atoms with van der Waals surface area (Å²) < 4.78 is 10.7. The molecule has 2 N–H and O–H groups in total. The zero-order chi connectivity index (χ0) is 20.8. The maximum atomic E-state index is 5.37. The van der Waals surface area contributed by atoms with E-state index in [1.807, 2.05) is 31.2 Å². The Labute approximate surface area is 172 Å². The van der Waals surface area contributed by atoms with Crippen LogP contribution in [0, 0.1) is 20.8 Å². The molecule has 2 aromatic carbocycles. The van der Waals surface area contributed by atoms with E-state index in [0.29, 0.717) is 5.95 Å². The van der Waals surface area contributed by atoms with E-state index in [2.05, 4.69) is 52.6 Å². The van der Waals surface area contributed by atoms with E-state index >= 15 is 0 Å². The zero-order valence-corrected chi connectivity index (χ0v) is 17.7. The summed E-state index contributed by atoms with van der Waals surface area (Å²) in [5.74, 6) is 2.86. The van der Waals surface area contributed by atoms with Crippen molar-refractivity contribution in [2.45, 2.75) is 27.2 Å². The molecule has 0 radical (unpaired) electrons. The van der Waals surface area contributed by atoms with Gasteiger partial charge < -0.3 is 20.1 Å². The zero-order valence-electron chi connectivity index (χ0n) is 17.7. The molecular formula is C23H28N4O2. The Bertz CT molecular complexity index is 989. The highest BCUT2D eigenvalue weighted by atomic mass is 16.5. The monoisotopic (exact) mass is 392 g/mol. The third-order valence-electron chi connectivity index (χ3n) is 4.65. The van der Waals surface area contributed by atoms with Crippen molar-refractivity contribution in [3.63, 3.8) is 0 Å². The smallest absolute Gasteiger partial charge is 0.229 e. The Morgan fingerprint density at radius 3 is 2.38 bits per heavy atom. The number of rotatable bonds is 8. The molecule has 0 saturated carbocycles. The fraction of sp³-hybridized carbons (Fsp3) is 0.304. The summed E-state index contributed by atoms with van der Waals surface area (Å²) in [6.45, 7) is 6.87. The molecule has 0 aliphatic carbocycles. The van der Waals surface area contributed by atoms with Gasteiger partial charge in [-0.05, 0) is 56.5 Å². The summed E-state index contributed by atoms with van der Waals surface area (Å²) in [6.07, 6.45) is 0.837. The predicted molar refractivity (Wildman–Crippen MR) is 118 cm³/mol. The van der Waals surface area contributed by atoms with Gasteiger partial charge in [-0.15, -0.1) is 0 Å². The number of benzene rings is 2. The number of aromatic nitrogens is 2. The van der Waals surface area contributed by atoms with E-state index in [1.165, 1.54) is 5.56 Å². The second kappa shape index (κ2) is 9.28. The maximum Gasteiger partial charge on any atom is 0.229 e. The van der Waals surface area contributed by atoms with E-state index in [4.69, 9.17) is 9.47 Å². The molecule has 0 amide bonds. The highest BCUT2D eigenvalue weighted by Gasteiger charge is 2.07. The van der Waals surface area contributed by atoms with Crippen molar-refractivity contribution in [2.75, 3.05) is 31.4 Å². The van der Waals surface area contributed by atoms with Crippen LogP contribution < -0.4 is 20.1 Å². The van der Waals surface area contributed by atoms with E-state index < -0.39 is 0 Å². The van der Waals surface area contributed by atoms with Crippen LogP contribution in [0.1, 0.15) is 22.4 Å². The number of methoxy groups -OCH3 is 2. The van der Waals surface area contributed by atoms with Crippen LogP contribution in [0.15, 0.2) is 42.5 Å². The summed E-state index contributed by atoms with van der Waals surface area (Å²) in [7, 11) is 3.29. The molecule has 0 aliphatic heterocycles. The number of aryl methyl sites for hydroxylation is 3. The van der Waals surface area contributed by atoms with Crippen LogP contribution in [-0.2, 0) is 6.42 Å². The average molecular weight is 393 g/mol. The van der Waals surface area contributed by atoms with Crippen molar-refractivity contribution in [1.29, 1.82) is 0 Å². The van der Waals surface area contributed by atoms with Crippen molar-refractivity contribution in [2.24, 2.45) is 0 Å². The topological polar surface area (TPSA) is 68.3 Å². The Morgan fingerprint density at radius 1 is 0.862 bits per heavy atom. The van der Waals surface area contributed by atoms with Gasteiger partial charge in [-0.1, -0.05) is 23.8 Å². The molecule has 6 heteroatoms. The largest absolute Gasteiger partial charge is 0.493 e. The molecule has 0 saturated heterocycles. The molecule has 0 spiro atoms. The molecule has 3 rings (SSSR count). The van der Waals surface area contributed by atoms with Crippen LogP contribution >= 0.6 is 0 Å². The average Bonchev–Trinajstić information content (AvgIpc) is 2.69. The lowest BCUT2D eigenvalue weighted by Crippen LogP contribution is -2.09. The van der Waals surface area contributed by atoms with Crippen LogP contribution in [0.3, 0.4) is 0 Å². The molecule has 152 valence electrons. The van der Waals surface area contributed by atoms with Gasteiger partial charge in [0.2, 0.25) is 5.95 Å². The molecule has 0 unspecified atom stereocenters. The SMILES string of the molecule is COc1ccc(CCNc2cc(C)nc(Nc3ccc(C)cc3C)n2)cc1OC. The van der Waals surface area contributed by atoms with Crippen LogP contribution in [0.25, 0.3) is 0 Å². The molecule has 6 nitrogen and oxygen atoms in total. The predicted octanol–water partition coefficient (Wildman–Crippen LogP) is 4.82. The Hall–Kier alpha value is -3.28. The highest BCUT2D eigenvalue weighted by molar-refractivity contribution is 5.60. The molecule has 1 heterocycles. The molecular weight excluding hydrogens is 364 g/mol. The minimum atomic E-state index is 0.588. The Balaban J connectivity index is 1.66. The van der Waals surface area contributed by atoms with Gasteiger partial charge >= 0.3 is 0 Å². The van der Waals surface area contributed by atoms with Crippen LogP contribution in [0.2, 0.25) is 0 Å². The van der Waals surface area contributed by atoms with E-state index in [0.717, 1.165) is 52.8 Å². The summed E-state index contributed by atoms with van der Waals surface area (Å²) in [6, 6.07) is 14.2. The van der Waals surface area contributed by atoms with E-state index in [9.17, 15) is 0 Å². The second-order valence-corrected chi connectivity index (χ2v) is 7.03. The Kier molecular flexibility index (Phi) is 6.54. The van der Waals surface area contributed by atoms with Gasteiger partial charge in [-0.25, -0.2) is 4.98 Å². The molecule has 0 fully saturated rings. The third-order valence-corrected chi connectivity index (χ3v) is 4.65. The van der Waals surface area contributed by atoms with Gasteiger partial charge in [0.25, 0.3) is 0 Å². The highest BCUT2D eigenvalue weighted by Crippen LogP contribution is 2.27. The number of anilines is 3. The molecule has 0 aliphatic rings. The molecule has 3 aromatic rings. The first kappa shape index (κ1) is 20.5. The molecule has 0 atom stereocenters. The van der Waals surface area contributed by atoms with Gasteiger partial charge in [0.15, 0.2) is 11.5 Å². The molecule has 1 aromatic heterocycles. The molecule has 0 bridgehead atoms. The summed E-state index contributed by atoms with van der Waals surface area (Å²) in [5, 5.41) is 6.71. The van der Waals surface area contributed by atoms with Crippen molar-refractivity contribution in [1.82, 2.24) is 9.97 Å². The second-order valence-electron chi connectivity index (χ2n) is 7.03. The minimum Gasteiger partial charge on any atom is -0.493 e. The van der Waals surface area contributed by atoms with Gasteiger partial charge in [0.05, 0.1) is 14.2 Å². The molecule has 29 heavy (non-hydrogen) atoms. The van der Waals surface area contributed by atoms with Crippen LogP contribution in [-0.4, -0.2) is 30.7 Å². The number of nitrogens with zero attached hydrogens (tertiary/aromatic N) is 2. The van der Waals surface area contributed by atoms with Gasteiger partial charge in [0, 0.05) is 24.0 Å². The van der Waals surface area contributed by atoms with Crippen molar-refractivity contribution in [3.05, 3.63) is 64.8 Å². The normalized spacial score (nSPS) is 10.5. The lowest BCUT2D eigenvalue weighted by molar-refractivity contribution is 0.354. The summed E-state index contributed by atoms with van der Waals surface area (Å²) in [4.78, 5) is 9.11. The van der Waals surface area contributed by atoms with Crippen LogP contribution in [0.4, 0.5) is 17.5 Å². The van der Waals surface area contributed by atoms with E-state index in [-0.39, 0.29) is 0 Å². The first-order valence-electron chi connectivity index (χ1n) is 9.63. The number of ether oxygens (including phenoxy) is 2. The number of nitrogens with one attached hydrogen (secondary N) is 2. The van der Waals surface area contributed by atoms with Crippen molar-refractivity contribution < 1.29 is 9.47 Å². The lowest BCUT2D eigenvalue weighted by atomic mass is 10.1. The van der Waals surface area contributed by atoms with Crippen molar-refractivity contribution in [3.8, 4) is 11.5 Å². The first-order chi connectivity index (χ1) is 14.0. The fourth-order valence-corrected chi connectivity index (χ4v) is 3.16. The number of hydrogen-bond donors (Lipinski definition) is 2. The minimum absolute atomic E-state index is 0.588. The van der Waals surface area contributed by atoms with Gasteiger partial charge in [0.1, 0.15) is 5.82 Å². The van der Waals surface area contributed by atoms with Gasteiger partial charge in [-0.2, -0.15) is 4.98 Å². The summed E-state index contributed by atoms with van der Waals surface area (Å²) >= 11 is 0. The first-order valence-corrected chi connectivity index (χ1v) is 9.63. The van der Waals surface area contributed by atoms with Crippen LogP contribution in [0.5, 0.6) is 11.5 Å². The van der Waals surface area contributed by atoms with Crippen molar-refractivity contribution >= 4 is 17.5 Å². The number of hydrogen-bond acceptors (Lipinski definition) is 6. The summed E-state index contributed by atoms with van der Waals surface area (Å²) in [5.41, 5.74) is 5.47. The van der Waals surface area contributed by atoms with E-state index in [1.54, 1.807) is 14.2 Å². The fourth-order valence-electron chi connectivity index (χ4n) is 3.16.